The van der Waals surface area contributed by atoms with Crippen molar-refractivity contribution < 1.29 is 14.3 Å². The molecule has 0 radical (unpaired) electrons. The summed E-state index contributed by atoms with van der Waals surface area (Å²) in [4.78, 5) is 42.6. The van der Waals surface area contributed by atoms with Gasteiger partial charge in [0.05, 0.1) is 11.4 Å². The van der Waals surface area contributed by atoms with Crippen LogP contribution in [0, 0.1) is 12.8 Å². The van der Waals surface area contributed by atoms with Crippen LogP contribution in [0.2, 0.25) is 0 Å². The minimum Gasteiger partial charge on any atom is -0.457 e. The van der Waals surface area contributed by atoms with Crippen molar-refractivity contribution in [3.63, 3.8) is 0 Å². The van der Waals surface area contributed by atoms with Crippen LogP contribution in [0.15, 0.2) is 77.7 Å². The average Bonchev–Trinajstić information content (AvgIpc) is 3.11. The zero-order chi connectivity index (χ0) is 26.8. The molecule has 2 heterocycles. The first-order valence-electron chi connectivity index (χ1n) is 12.3. The highest BCUT2D eigenvalue weighted by molar-refractivity contribution is 6.05. The van der Waals surface area contributed by atoms with E-state index >= 15 is 0 Å². The molecule has 0 aliphatic heterocycles. The fourth-order valence-corrected chi connectivity index (χ4v) is 4.41. The van der Waals surface area contributed by atoms with Gasteiger partial charge in [0.25, 0.3) is 11.5 Å². The van der Waals surface area contributed by atoms with Crippen molar-refractivity contribution >= 4 is 23.3 Å². The molecule has 2 amide bonds. The summed E-state index contributed by atoms with van der Waals surface area (Å²) < 4.78 is 9.02. The molecule has 4 aromatic rings. The van der Waals surface area contributed by atoms with Crippen LogP contribution in [0.3, 0.4) is 0 Å². The van der Waals surface area contributed by atoms with Crippen LogP contribution < -0.4 is 26.7 Å². The summed E-state index contributed by atoms with van der Waals surface area (Å²) in [7, 11) is 1.74. The number of ether oxygens (including phenoxy) is 1. The SMILES string of the molecule is Cc1c(C(=O)Nc2ccc(Oc3ccnc(NC(=O)C4CC(N)C4)c3)cc2)c(=O)n(-c2ccccc2)n1C. The first-order valence-corrected chi connectivity index (χ1v) is 12.3. The highest BCUT2D eigenvalue weighted by Crippen LogP contribution is 2.28. The Morgan fingerprint density at radius 2 is 1.71 bits per heavy atom. The normalized spacial score (nSPS) is 16.4. The van der Waals surface area contributed by atoms with E-state index in [0.717, 1.165) is 0 Å². The number of nitrogens with two attached hydrogens (primary N) is 1. The first kappa shape index (κ1) is 25.0. The van der Waals surface area contributed by atoms with Gasteiger partial charge in [-0.15, -0.1) is 0 Å². The lowest BCUT2D eigenvalue weighted by atomic mass is 9.80. The van der Waals surface area contributed by atoms with Crippen LogP contribution in [0.25, 0.3) is 5.69 Å². The Kier molecular flexibility index (Phi) is 6.80. The molecule has 38 heavy (non-hydrogen) atoms. The summed E-state index contributed by atoms with van der Waals surface area (Å²) in [5.41, 5.74) is 7.19. The van der Waals surface area contributed by atoms with Gasteiger partial charge in [-0.3, -0.25) is 19.1 Å². The maximum Gasteiger partial charge on any atom is 0.284 e. The number of nitrogens with one attached hydrogen (secondary N) is 2. The standard InChI is InChI=1S/C28H28N6O4/c1-17-25(28(37)34(33(17)2)21-6-4-3-5-7-21)27(36)31-20-8-10-22(11-9-20)38-23-12-13-30-24(16-23)32-26(35)18-14-19(29)15-18/h3-13,16,18-19H,14-15,29H2,1-2H3,(H,31,36)(H,30,32,35). The molecule has 1 aliphatic rings. The monoisotopic (exact) mass is 512 g/mol. The molecule has 1 aliphatic carbocycles. The molecule has 0 unspecified atom stereocenters. The molecule has 5 rings (SSSR count). The van der Waals surface area contributed by atoms with Gasteiger partial charge in [-0.2, -0.15) is 0 Å². The second-order valence-corrected chi connectivity index (χ2v) is 9.31. The molecular formula is C28H28N6O4. The Hall–Kier alpha value is -4.70. The highest BCUT2D eigenvalue weighted by atomic mass is 16.5. The fraction of sp³-hybridized carbons (Fsp3) is 0.214. The number of hydrogen-bond donors (Lipinski definition) is 3. The lowest BCUT2D eigenvalue weighted by molar-refractivity contribution is -0.122. The van der Waals surface area contributed by atoms with Gasteiger partial charge in [-0.25, -0.2) is 9.67 Å². The van der Waals surface area contributed by atoms with E-state index in [1.54, 1.807) is 61.2 Å². The van der Waals surface area contributed by atoms with E-state index in [1.807, 2.05) is 30.3 Å². The van der Waals surface area contributed by atoms with E-state index in [2.05, 4.69) is 15.6 Å². The Labute approximate surface area is 219 Å². The summed E-state index contributed by atoms with van der Waals surface area (Å²) in [6.07, 6.45) is 2.91. The van der Waals surface area contributed by atoms with E-state index in [0.29, 0.717) is 47.2 Å². The van der Waals surface area contributed by atoms with Crippen molar-refractivity contribution in [3.05, 3.63) is 94.5 Å². The number of aromatic nitrogens is 3. The van der Waals surface area contributed by atoms with Gasteiger partial charge in [-0.05, 0) is 62.2 Å². The molecule has 0 saturated heterocycles. The Balaban J connectivity index is 1.25. The van der Waals surface area contributed by atoms with Crippen molar-refractivity contribution in [1.82, 2.24) is 14.3 Å². The summed E-state index contributed by atoms with van der Waals surface area (Å²) >= 11 is 0. The van der Waals surface area contributed by atoms with Gasteiger partial charge in [0.2, 0.25) is 5.91 Å². The van der Waals surface area contributed by atoms with Crippen LogP contribution in [0.4, 0.5) is 11.5 Å². The minimum atomic E-state index is -0.492. The molecule has 0 spiro atoms. The van der Waals surface area contributed by atoms with Gasteiger partial charge in [-0.1, -0.05) is 18.2 Å². The van der Waals surface area contributed by atoms with Gasteiger partial charge >= 0.3 is 0 Å². The van der Waals surface area contributed by atoms with Crippen LogP contribution in [-0.2, 0) is 11.8 Å². The van der Waals surface area contributed by atoms with E-state index in [4.69, 9.17) is 10.5 Å². The molecule has 1 saturated carbocycles. The molecule has 1 fully saturated rings. The molecule has 0 atom stereocenters. The first-order chi connectivity index (χ1) is 18.3. The Morgan fingerprint density at radius 3 is 2.39 bits per heavy atom. The van der Waals surface area contributed by atoms with E-state index in [-0.39, 0.29) is 23.4 Å². The summed E-state index contributed by atoms with van der Waals surface area (Å²) in [5.74, 6) is 0.753. The maximum absolute atomic E-state index is 13.1. The molecule has 2 aromatic carbocycles. The number of carbonyl (C=O) groups is 2. The van der Waals surface area contributed by atoms with E-state index in [9.17, 15) is 14.4 Å². The third-order valence-electron chi connectivity index (χ3n) is 6.66. The number of anilines is 2. The third kappa shape index (κ3) is 5.07. The topological polar surface area (TPSA) is 133 Å². The minimum absolute atomic E-state index is 0.0759. The van der Waals surface area contributed by atoms with E-state index in [1.165, 1.54) is 4.68 Å². The highest BCUT2D eigenvalue weighted by Gasteiger charge is 2.32. The lowest BCUT2D eigenvalue weighted by Gasteiger charge is -2.30. The van der Waals surface area contributed by atoms with Crippen molar-refractivity contribution in [2.45, 2.75) is 25.8 Å². The zero-order valence-corrected chi connectivity index (χ0v) is 21.0. The second-order valence-electron chi connectivity index (χ2n) is 9.31. The number of hydrogen-bond acceptors (Lipinski definition) is 6. The molecular weight excluding hydrogens is 484 g/mol. The molecule has 0 bridgehead atoms. The summed E-state index contributed by atoms with van der Waals surface area (Å²) in [6.45, 7) is 1.74. The number of amides is 2. The summed E-state index contributed by atoms with van der Waals surface area (Å²) in [6, 6.07) is 19.3. The third-order valence-corrected chi connectivity index (χ3v) is 6.66. The fourth-order valence-electron chi connectivity index (χ4n) is 4.41. The van der Waals surface area contributed by atoms with Gasteiger partial charge in [0.1, 0.15) is 22.9 Å². The molecule has 194 valence electrons. The number of benzene rings is 2. The van der Waals surface area contributed by atoms with Crippen molar-refractivity contribution in [2.24, 2.45) is 18.7 Å². The smallest absolute Gasteiger partial charge is 0.284 e. The van der Waals surface area contributed by atoms with Gasteiger partial charge in [0.15, 0.2) is 0 Å². The maximum atomic E-state index is 13.1. The van der Waals surface area contributed by atoms with Crippen molar-refractivity contribution in [3.8, 4) is 17.2 Å². The lowest BCUT2D eigenvalue weighted by Crippen LogP contribution is -2.42. The zero-order valence-electron chi connectivity index (χ0n) is 21.0. The second kappa shape index (κ2) is 10.3. The number of nitrogens with zero attached hydrogens (tertiary/aromatic N) is 3. The Morgan fingerprint density at radius 1 is 1.00 bits per heavy atom. The number of carbonyl (C=O) groups excluding carboxylic acids is 2. The van der Waals surface area contributed by atoms with Crippen LogP contribution in [0.1, 0.15) is 28.9 Å². The van der Waals surface area contributed by atoms with Crippen LogP contribution >= 0.6 is 0 Å². The molecule has 2 aromatic heterocycles. The average molecular weight is 513 g/mol. The molecule has 10 heteroatoms. The van der Waals surface area contributed by atoms with Crippen molar-refractivity contribution in [1.29, 1.82) is 0 Å². The predicted molar refractivity (Wildman–Crippen MR) is 144 cm³/mol. The van der Waals surface area contributed by atoms with E-state index < -0.39 is 11.5 Å². The Bertz CT molecular complexity index is 1540. The molecule has 4 N–H and O–H groups in total. The number of pyridine rings is 1. The summed E-state index contributed by atoms with van der Waals surface area (Å²) in [5, 5.41) is 5.59. The van der Waals surface area contributed by atoms with Crippen molar-refractivity contribution in [2.75, 3.05) is 10.6 Å². The molecule has 10 nitrogen and oxygen atoms in total. The number of rotatable bonds is 7. The predicted octanol–water partition coefficient (Wildman–Crippen LogP) is 3.60. The van der Waals surface area contributed by atoms with Gasteiger partial charge < -0.3 is 21.1 Å². The van der Waals surface area contributed by atoms with Crippen LogP contribution in [-0.4, -0.2) is 32.2 Å². The quantitative estimate of drug-likeness (QED) is 0.347. The largest absolute Gasteiger partial charge is 0.457 e. The number of para-hydroxylation sites is 1. The van der Waals surface area contributed by atoms with Crippen LogP contribution in [0.5, 0.6) is 11.5 Å². The van der Waals surface area contributed by atoms with Gasteiger partial charge in [0, 0.05) is 37.0 Å².